The third-order valence-corrected chi connectivity index (χ3v) is 3.17. The molecule has 0 heterocycles. The number of hydrogen-bond donors (Lipinski definition) is 1. The van der Waals surface area contributed by atoms with Crippen LogP contribution in [0.15, 0.2) is 24.3 Å². The van der Waals surface area contributed by atoms with Crippen molar-refractivity contribution in [1.82, 2.24) is 4.90 Å². The van der Waals surface area contributed by atoms with Gasteiger partial charge < -0.3 is 19.7 Å². The number of rotatable bonds is 6. The summed E-state index contributed by atoms with van der Waals surface area (Å²) in [6.07, 6.45) is -0.946. The maximum atomic E-state index is 12.1. The zero-order valence-electron chi connectivity index (χ0n) is 15.4. The molecule has 6 heteroatoms. The van der Waals surface area contributed by atoms with Gasteiger partial charge in [0.1, 0.15) is 11.7 Å². The molecule has 0 radical (unpaired) electrons. The Labute approximate surface area is 144 Å². The molecule has 1 aromatic carbocycles. The minimum atomic E-state index is -0.550. The van der Waals surface area contributed by atoms with Crippen molar-refractivity contribution >= 4 is 17.7 Å². The van der Waals surface area contributed by atoms with Crippen molar-refractivity contribution in [2.45, 2.75) is 52.9 Å². The minimum absolute atomic E-state index is 0.218. The summed E-state index contributed by atoms with van der Waals surface area (Å²) >= 11 is 0. The van der Waals surface area contributed by atoms with Gasteiger partial charge in [-0.05, 0) is 46.2 Å². The molecule has 0 fully saturated rings. The molecule has 0 aliphatic carbocycles. The Morgan fingerprint density at radius 3 is 2.46 bits per heavy atom. The summed E-state index contributed by atoms with van der Waals surface area (Å²) in [5.74, 6) is -0.218. The first-order chi connectivity index (χ1) is 11.1. The summed E-state index contributed by atoms with van der Waals surface area (Å²) in [4.78, 5) is 25.7. The molecule has 2 amide bonds. The summed E-state index contributed by atoms with van der Waals surface area (Å²) < 4.78 is 10.6. The molecule has 1 N–H and O–H groups in total. The molecule has 24 heavy (non-hydrogen) atoms. The van der Waals surface area contributed by atoms with Crippen LogP contribution in [0.25, 0.3) is 0 Å². The van der Waals surface area contributed by atoms with Crippen molar-refractivity contribution < 1.29 is 19.1 Å². The van der Waals surface area contributed by atoms with Gasteiger partial charge in [-0.3, -0.25) is 4.79 Å². The van der Waals surface area contributed by atoms with Gasteiger partial charge in [0.15, 0.2) is 0 Å². The van der Waals surface area contributed by atoms with Crippen LogP contribution < -0.4 is 5.32 Å². The number of carbonyl (C=O) groups excluding carboxylic acids is 2. The van der Waals surface area contributed by atoms with Gasteiger partial charge >= 0.3 is 6.09 Å². The maximum Gasteiger partial charge on any atom is 0.410 e. The van der Waals surface area contributed by atoms with E-state index in [1.54, 1.807) is 20.0 Å². The molecule has 0 bridgehead atoms. The highest BCUT2D eigenvalue weighted by Gasteiger charge is 2.21. The second-order valence-electron chi connectivity index (χ2n) is 6.58. The van der Waals surface area contributed by atoms with Crippen molar-refractivity contribution in [3.8, 4) is 0 Å². The average Bonchev–Trinajstić information content (AvgIpc) is 2.47. The fourth-order valence-corrected chi connectivity index (χ4v) is 2.00. The van der Waals surface area contributed by atoms with Crippen LogP contribution in [-0.2, 0) is 20.8 Å². The van der Waals surface area contributed by atoms with E-state index >= 15 is 0 Å². The molecule has 1 aromatic rings. The van der Waals surface area contributed by atoms with E-state index in [0.29, 0.717) is 18.8 Å². The van der Waals surface area contributed by atoms with Crippen molar-refractivity contribution in [3.63, 3.8) is 0 Å². The first-order valence-electron chi connectivity index (χ1n) is 8.08. The molecule has 0 aliphatic heterocycles. The number of hydrogen-bond acceptors (Lipinski definition) is 4. The highest BCUT2D eigenvalue weighted by Crippen LogP contribution is 2.19. The summed E-state index contributed by atoms with van der Waals surface area (Å²) in [7, 11) is 1.66. The lowest BCUT2D eigenvalue weighted by molar-refractivity contribution is -0.126. The molecule has 0 saturated carbocycles. The van der Waals surface area contributed by atoms with E-state index in [9.17, 15) is 9.59 Å². The number of nitrogens with zero attached hydrogens (tertiary/aromatic N) is 1. The summed E-state index contributed by atoms with van der Waals surface area (Å²) in [5.41, 5.74) is 0.929. The summed E-state index contributed by atoms with van der Waals surface area (Å²) in [6, 6.07) is 7.36. The van der Waals surface area contributed by atoms with E-state index in [-0.39, 0.29) is 5.91 Å². The molecule has 0 saturated heterocycles. The zero-order chi connectivity index (χ0) is 18.3. The van der Waals surface area contributed by atoms with Crippen LogP contribution in [-0.4, -0.2) is 42.3 Å². The predicted molar refractivity (Wildman–Crippen MR) is 93.9 cm³/mol. The van der Waals surface area contributed by atoms with Gasteiger partial charge in [-0.2, -0.15) is 0 Å². The standard InChI is InChI=1S/C18H28N2O4/c1-7-23-13(2)16(21)19-15-11-9-8-10-14(15)12-20(6)17(22)24-18(3,4)5/h8-11,13H,7,12H2,1-6H3,(H,19,21). The van der Waals surface area contributed by atoms with Gasteiger partial charge in [0.2, 0.25) is 0 Å². The number of amides is 2. The Bertz CT molecular complexity index is 566. The van der Waals surface area contributed by atoms with E-state index in [4.69, 9.17) is 9.47 Å². The van der Waals surface area contributed by atoms with Gasteiger partial charge in [-0.1, -0.05) is 18.2 Å². The topological polar surface area (TPSA) is 67.9 Å². The fraction of sp³-hybridized carbons (Fsp3) is 0.556. The lowest BCUT2D eigenvalue weighted by Gasteiger charge is -2.25. The smallest absolute Gasteiger partial charge is 0.410 e. The lowest BCUT2D eigenvalue weighted by atomic mass is 10.1. The molecule has 0 spiro atoms. The Morgan fingerprint density at radius 1 is 1.25 bits per heavy atom. The van der Waals surface area contributed by atoms with Crippen molar-refractivity contribution in [1.29, 1.82) is 0 Å². The zero-order valence-corrected chi connectivity index (χ0v) is 15.4. The first kappa shape index (κ1) is 20.0. The van der Waals surface area contributed by atoms with Crippen LogP contribution in [0.2, 0.25) is 0 Å². The van der Waals surface area contributed by atoms with Crippen LogP contribution in [0.5, 0.6) is 0 Å². The van der Waals surface area contributed by atoms with Crippen molar-refractivity contribution in [3.05, 3.63) is 29.8 Å². The largest absolute Gasteiger partial charge is 0.444 e. The highest BCUT2D eigenvalue weighted by atomic mass is 16.6. The van der Waals surface area contributed by atoms with Crippen molar-refractivity contribution in [2.75, 3.05) is 19.0 Å². The van der Waals surface area contributed by atoms with Crippen LogP contribution >= 0.6 is 0 Å². The minimum Gasteiger partial charge on any atom is -0.444 e. The highest BCUT2D eigenvalue weighted by molar-refractivity contribution is 5.94. The van der Waals surface area contributed by atoms with E-state index in [2.05, 4.69) is 5.32 Å². The van der Waals surface area contributed by atoms with Crippen LogP contribution in [0.1, 0.15) is 40.2 Å². The van der Waals surface area contributed by atoms with Gasteiger partial charge in [0, 0.05) is 19.3 Å². The number of anilines is 1. The van der Waals surface area contributed by atoms with Gasteiger partial charge in [-0.25, -0.2) is 4.79 Å². The van der Waals surface area contributed by atoms with Crippen LogP contribution in [0, 0.1) is 0 Å². The molecule has 1 rings (SSSR count). The SMILES string of the molecule is CCOC(C)C(=O)Nc1ccccc1CN(C)C(=O)OC(C)(C)C. The quantitative estimate of drug-likeness (QED) is 0.864. The van der Waals surface area contributed by atoms with Gasteiger partial charge in [-0.15, -0.1) is 0 Å². The fourth-order valence-electron chi connectivity index (χ4n) is 2.00. The molecule has 1 atom stereocenters. The Morgan fingerprint density at radius 2 is 1.88 bits per heavy atom. The first-order valence-corrected chi connectivity index (χ1v) is 8.08. The number of benzene rings is 1. The number of para-hydroxylation sites is 1. The van der Waals surface area contributed by atoms with E-state index < -0.39 is 17.8 Å². The molecule has 134 valence electrons. The lowest BCUT2D eigenvalue weighted by Crippen LogP contribution is -2.34. The second kappa shape index (κ2) is 8.68. The number of nitrogens with one attached hydrogen (secondary N) is 1. The van der Waals surface area contributed by atoms with E-state index in [0.717, 1.165) is 5.56 Å². The molecule has 6 nitrogen and oxygen atoms in total. The molecular weight excluding hydrogens is 308 g/mol. The maximum absolute atomic E-state index is 12.1. The average molecular weight is 336 g/mol. The predicted octanol–water partition coefficient (Wildman–Crippen LogP) is 3.42. The number of ether oxygens (including phenoxy) is 2. The Kier molecular flexibility index (Phi) is 7.22. The second-order valence-corrected chi connectivity index (χ2v) is 6.58. The van der Waals surface area contributed by atoms with Crippen molar-refractivity contribution in [2.24, 2.45) is 0 Å². The van der Waals surface area contributed by atoms with E-state index in [1.807, 2.05) is 45.9 Å². The monoisotopic (exact) mass is 336 g/mol. The van der Waals surface area contributed by atoms with E-state index in [1.165, 1.54) is 4.90 Å². The molecular formula is C18H28N2O4. The molecule has 0 aromatic heterocycles. The molecule has 0 aliphatic rings. The Balaban J connectivity index is 2.79. The third-order valence-electron chi connectivity index (χ3n) is 3.17. The summed E-state index contributed by atoms with van der Waals surface area (Å²) in [6.45, 7) is 9.81. The van der Waals surface area contributed by atoms with Gasteiger partial charge in [0.25, 0.3) is 5.91 Å². The third kappa shape index (κ3) is 6.58. The molecule has 1 unspecified atom stereocenters. The Hall–Kier alpha value is -2.08. The number of carbonyl (C=O) groups is 2. The summed E-state index contributed by atoms with van der Waals surface area (Å²) in [5, 5.41) is 2.84. The van der Waals surface area contributed by atoms with Gasteiger partial charge in [0.05, 0.1) is 6.54 Å². The van der Waals surface area contributed by atoms with Crippen LogP contribution in [0.3, 0.4) is 0 Å². The van der Waals surface area contributed by atoms with Crippen LogP contribution in [0.4, 0.5) is 10.5 Å². The normalized spacial score (nSPS) is 12.4.